The summed E-state index contributed by atoms with van der Waals surface area (Å²) >= 11 is 0. The number of aliphatic carboxylic acids is 1. The largest absolute Gasteiger partial charge is 0.490 e. The Kier molecular flexibility index (Phi) is 6.17. The summed E-state index contributed by atoms with van der Waals surface area (Å²) in [6, 6.07) is 7.98. The maximum atomic E-state index is 12.4. The zero-order valence-electron chi connectivity index (χ0n) is 15.3. The highest BCUT2D eigenvalue weighted by atomic mass is 16.5. The van der Waals surface area contributed by atoms with Crippen LogP contribution < -0.4 is 10.1 Å². The number of hydrogen-bond donors (Lipinski definition) is 2. The third kappa shape index (κ3) is 5.23. The Morgan fingerprint density at radius 3 is 2.58 bits per heavy atom. The van der Waals surface area contributed by atoms with Gasteiger partial charge in [-0.1, -0.05) is 25.0 Å². The molecule has 0 saturated heterocycles. The van der Waals surface area contributed by atoms with E-state index in [0.29, 0.717) is 18.9 Å². The molecule has 0 aliphatic heterocycles. The monoisotopic (exact) mass is 359 g/mol. The molecular weight excluding hydrogens is 330 g/mol. The second-order valence-corrected chi connectivity index (χ2v) is 7.78. The summed E-state index contributed by atoms with van der Waals surface area (Å²) in [4.78, 5) is 23.5. The van der Waals surface area contributed by atoms with E-state index < -0.39 is 11.5 Å². The average Bonchev–Trinajstić information content (AvgIpc) is 3.25. The van der Waals surface area contributed by atoms with Gasteiger partial charge in [-0.3, -0.25) is 9.59 Å². The van der Waals surface area contributed by atoms with Crippen LogP contribution in [0.2, 0.25) is 0 Å². The van der Waals surface area contributed by atoms with Crippen LogP contribution in [0.25, 0.3) is 0 Å². The molecule has 2 aliphatic rings. The van der Waals surface area contributed by atoms with Crippen molar-refractivity contribution in [3.05, 3.63) is 29.8 Å². The molecule has 2 fully saturated rings. The van der Waals surface area contributed by atoms with Crippen LogP contribution in [0.1, 0.15) is 69.8 Å². The molecule has 26 heavy (non-hydrogen) atoms. The smallest absolute Gasteiger partial charge is 0.305 e. The first-order chi connectivity index (χ1) is 12.5. The Morgan fingerprint density at radius 1 is 1.15 bits per heavy atom. The number of amides is 1. The SMILES string of the molecule is O=C(O)CC1(NC(=O)CCc2cccc(OC3CCCC3)c2)CCCC1. The number of carboxylic acid groups (broad SMARTS) is 1. The van der Waals surface area contributed by atoms with E-state index in [1.807, 2.05) is 24.3 Å². The number of carbonyl (C=O) groups is 2. The number of ether oxygens (including phenoxy) is 1. The molecule has 5 heteroatoms. The van der Waals surface area contributed by atoms with Gasteiger partial charge in [0.1, 0.15) is 5.75 Å². The van der Waals surface area contributed by atoms with Crippen molar-refractivity contribution < 1.29 is 19.4 Å². The maximum Gasteiger partial charge on any atom is 0.305 e. The van der Waals surface area contributed by atoms with Gasteiger partial charge in [-0.05, 0) is 62.6 Å². The molecule has 0 unspecified atom stereocenters. The van der Waals surface area contributed by atoms with Gasteiger partial charge in [-0.2, -0.15) is 0 Å². The van der Waals surface area contributed by atoms with Gasteiger partial charge >= 0.3 is 5.97 Å². The lowest BCUT2D eigenvalue weighted by Crippen LogP contribution is -2.47. The molecule has 0 spiro atoms. The molecule has 5 nitrogen and oxygen atoms in total. The van der Waals surface area contributed by atoms with Gasteiger partial charge in [0.2, 0.25) is 5.91 Å². The van der Waals surface area contributed by atoms with Gasteiger partial charge < -0.3 is 15.2 Å². The first-order valence-corrected chi connectivity index (χ1v) is 9.83. The molecule has 2 saturated carbocycles. The van der Waals surface area contributed by atoms with Gasteiger partial charge in [-0.25, -0.2) is 0 Å². The van der Waals surface area contributed by atoms with Crippen molar-refractivity contribution in [1.82, 2.24) is 5.32 Å². The highest BCUT2D eigenvalue weighted by molar-refractivity contribution is 5.78. The van der Waals surface area contributed by atoms with Gasteiger partial charge in [0, 0.05) is 6.42 Å². The van der Waals surface area contributed by atoms with Crippen LogP contribution in [0.4, 0.5) is 0 Å². The number of hydrogen-bond acceptors (Lipinski definition) is 3. The quantitative estimate of drug-likeness (QED) is 0.739. The molecule has 0 bridgehead atoms. The standard InChI is InChI=1S/C21H29NO4/c23-19(22-21(15-20(24)25)12-3-4-13-21)11-10-16-6-5-9-18(14-16)26-17-7-1-2-8-17/h5-6,9,14,17H,1-4,7-8,10-13,15H2,(H,22,23)(H,24,25). The summed E-state index contributed by atoms with van der Waals surface area (Å²) in [6.45, 7) is 0. The van der Waals surface area contributed by atoms with Gasteiger partial charge in [0.05, 0.1) is 18.1 Å². The molecule has 2 N–H and O–H groups in total. The van der Waals surface area contributed by atoms with E-state index in [-0.39, 0.29) is 12.3 Å². The Hall–Kier alpha value is -2.04. The molecule has 0 aromatic heterocycles. The van der Waals surface area contributed by atoms with Crippen LogP contribution in [0.3, 0.4) is 0 Å². The summed E-state index contributed by atoms with van der Waals surface area (Å²) in [5.74, 6) is -0.0211. The molecule has 142 valence electrons. The molecule has 1 amide bonds. The van der Waals surface area contributed by atoms with Crippen LogP contribution >= 0.6 is 0 Å². The highest BCUT2D eigenvalue weighted by Crippen LogP contribution is 2.33. The molecule has 0 heterocycles. The van der Waals surface area contributed by atoms with Crippen LogP contribution in [-0.2, 0) is 16.0 Å². The normalized spacial score (nSPS) is 19.4. The first kappa shape index (κ1) is 18.7. The third-order valence-electron chi connectivity index (χ3n) is 5.60. The molecule has 0 radical (unpaired) electrons. The Morgan fingerprint density at radius 2 is 1.88 bits per heavy atom. The van der Waals surface area contributed by atoms with Crippen molar-refractivity contribution >= 4 is 11.9 Å². The fraction of sp³-hybridized carbons (Fsp3) is 0.619. The lowest BCUT2D eigenvalue weighted by Gasteiger charge is -2.28. The zero-order valence-corrected chi connectivity index (χ0v) is 15.3. The second-order valence-electron chi connectivity index (χ2n) is 7.78. The summed E-state index contributed by atoms with van der Waals surface area (Å²) in [7, 11) is 0. The minimum atomic E-state index is -0.844. The van der Waals surface area contributed by atoms with E-state index in [0.717, 1.165) is 49.8 Å². The third-order valence-corrected chi connectivity index (χ3v) is 5.60. The van der Waals surface area contributed by atoms with Crippen LogP contribution in [-0.4, -0.2) is 28.6 Å². The van der Waals surface area contributed by atoms with Crippen molar-refractivity contribution in [3.63, 3.8) is 0 Å². The molecular formula is C21H29NO4. The van der Waals surface area contributed by atoms with E-state index in [1.54, 1.807) is 0 Å². The van der Waals surface area contributed by atoms with Crippen LogP contribution in [0.15, 0.2) is 24.3 Å². The highest BCUT2D eigenvalue weighted by Gasteiger charge is 2.37. The minimum absolute atomic E-state index is 0.0173. The van der Waals surface area contributed by atoms with E-state index in [4.69, 9.17) is 9.84 Å². The molecule has 1 aromatic carbocycles. The van der Waals surface area contributed by atoms with Crippen molar-refractivity contribution in [1.29, 1.82) is 0 Å². The lowest BCUT2D eigenvalue weighted by molar-refractivity contribution is -0.139. The molecule has 1 aromatic rings. The Bertz CT molecular complexity index is 631. The van der Waals surface area contributed by atoms with Gasteiger partial charge in [0.25, 0.3) is 0 Å². The topological polar surface area (TPSA) is 75.6 Å². The zero-order chi connectivity index (χ0) is 18.4. The van der Waals surface area contributed by atoms with E-state index in [2.05, 4.69) is 5.32 Å². The Balaban J connectivity index is 1.51. The second kappa shape index (κ2) is 8.56. The summed E-state index contributed by atoms with van der Waals surface area (Å²) in [6.07, 6.45) is 9.55. The number of carboxylic acids is 1. The predicted molar refractivity (Wildman–Crippen MR) is 99.2 cm³/mol. The fourth-order valence-corrected chi connectivity index (χ4v) is 4.28. The van der Waals surface area contributed by atoms with E-state index in [9.17, 15) is 9.59 Å². The number of aryl methyl sites for hydroxylation is 1. The predicted octanol–water partition coefficient (Wildman–Crippen LogP) is 3.84. The number of rotatable bonds is 8. The van der Waals surface area contributed by atoms with E-state index >= 15 is 0 Å². The van der Waals surface area contributed by atoms with Crippen LogP contribution in [0, 0.1) is 0 Å². The minimum Gasteiger partial charge on any atom is -0.490 e. The Labute approximate surface area is 155 Å². The molecule has 2 aliphatic carbocycles. The van der Waals surface area contributed by atoms with E-state index in [1.165, 1.54) is 12.8 Å². The summed E-state index contributed by atoms with van der Waals surface area (Å²) in [5, 5.41) is 12.2. The molecule has 3 rings (SSSR count). The number of benzene rings is 1. The maximum absolute atomic E-state index is 12.4. The first-order valence-electron chi connectivity index (χ1n) is 9.83. The van der Waals surface area contributed by atoms with Gasteiger partial charge in [0.15, 0.2) is 0 Å². The van der Waals surface area contributed by atoms with Crippen molar-refractivity contribution in [2.45, 2.75) is 82.3 Å². The molecule has 0 atom stereocenters. The van der Waals surface area contributed by atoms with Crippen LogP contribution in [0.5, 0.6) is 5.75 Å². The lowest BCUT2D eigenvalue weighted by atomic mass is 9.93. The van der Waals surface area contributed by atoms with Crippen molar-refractivity contribution in [3.8, 4) is 5.75 Å². The number of nitrogens with one attached hydrogen (secondary N) is 1. The fourth-order valence-electron chi connectivity index (χ4n) is 4.28. The number of carbonyl (C=O) groups excluding carboxylic acids is 1. The summed E-state index contributed by atoms with van der Waals surface area (Å²) < 4.78 is 6.02. The summed E-state index contributed by atoms with van der Waals surface area (Å²) in [5.41, 5.74) is 0.533. The van der Waals surface area contributed by atoms with Crippen molar-refractivity contribution in [2.24, 2.45) is 0 Å². The van der Waals surface area contributed by atoms with Gasteiger partial charge in [-0.15, -0.1) is 0 Å². The van der Waals surface area contributed by atoms with Crippen molar-refractivity contribution in [2.75, 3.05) is 0 Å². The average molecular weight is 359 g/mol.